The van der Waals surface area contributed by atoms with Crippen LogP contribution in [0.25, 0.3) is 11.0 Å². The highest BCUT2D eigenvalue weighted by molar-refractivity contribution is 6.09. The van der Waals surface area contributed by atoms with Gasteiger partial charge in [-0.1, -0.05) is 17.7 Å². The van der Waals surface area contributed by atoms with E-state index in [1.54, 1.807) is 12.1 Å². The van der Waals surface area contributed by atoms with Crippen molar-refractivity contribution in [3.63, 3.8) is 0 Å². The van der Waals surface area contributed by atoms with E-state index < -0.39 is 17.4 Å². The van der Waals surface area contributed by atoms with Gasteiger partial charge < -0.3 is 4.42 Å². The van der Waals surface area contributed by atoms with Gasteiger partial charge in [0.15, 0.2) is 17.4 Å². The van der Waals surface area contributed by atoms with E-state index in [0.29, 0.717) is 5.58 Å². The minimum atomic E-state index is -1.14. The Hall–Kier alpha value is -2.49. The number of hydrogen-bond acceptors (Lipinski definition) is 2. The number of benzene rings is 2. The van der Waals surface area contributed by atoms with E-state index in [1.165, 1.54) is 19.1 Å². The van der Waals surface area contributed by atoms with E-state index >= 15 is 0 Å². The van der Waals surface area contributed by atoms with Crippen LogP contribution in [-0.2, 0) is 0 Å². The summed E-state index contributed by atoms with van der Waals surface area (Å²) in [5.74, 6) is -2.82. The molecule has 2 nitrogen and oxygen atoms in total. The van der Waals surface area contributed by atoms with Crippen molar-refractivity contribution in [2.45, 2.75) is 13.8 Å². The van der Waals surface area contributed by atoms with Gasteiger partial charge in [-0.05, 0) is 43.7 Å². The number of aryl methyl sites for hydroxylation is 2. The summed E-state index contributed by atoms with van der Waals surface area (Å²) in [5, 5.41) is 0.756. The lowest BCUT2D eigenvalue weighted by Gasteiger charge is -2.03. The maximum Gasteiger partial charge on any atom is 0.231 e. The largest absolute Gasteiger partial charge is 0.453 e. The normalized spacial score (nSPS) is 11.0. The molecule has 1 heterocycles. The van der Waals surface area contributed by atoms with Crippen LogP contribution in [0, 0.1) is 25.5 Å². The summed E-state index contributed by atoms with van der Waals surface area (Å²) >= 11 is 0. The SMILES string of the molecule is Cc1ccc2oc(C(=O)c3ccc(C)c(F)c3F)cc2c1. The van der Waals surface area contributed by atoms with Gasteiger partial charge in [-0.25, -0.2) is 8.78 Å². The summed E-state index contributed by atoms with van der Waals surface area (Å²) in [6, 6.07) is 9.65. The van der Waals surface area contributed by atoms with Crippen LogP contribution in [0.1, 0.15) is 27.2 Å². The van der Waals surface area contributed by atoms with Gasteiger partial charge in [0.2, 0.25) is 5.78 Å². The van der Waals surface area contributed by atoms with Crippen molar-refractivity contribution < 1.29 is 18.0 Å². The fourth-order valence-corrected chi connectivity index (χ4v) is 2.23. The molecule has 1 aromatic heterocycles. The van der Waals surface area contributed by atoms with Crippen LogP contribution in [0.5, 0.6) is 0 Å². The third kappa shape index (κ3) is 2.23. The first-order valence-corrected chi connectivity index (χ1v) is 6.47. The van der Waals surface area contributed by atoms with Crippen LogP contribution in [0.3, 0.4) is 0 Å². The first-order valence-electron chi connectivity index (χ1n) is 6.47. The van der Waals surface area contributed by atoms with Crippen LogP contribution in [-0.4, -0.2) is 5.78 Å². The lowest BCUT2D eigenvalue weighted by Crippen LogP contribution is -2.05. The molecule has 0 bridgehead atoms. The second kappa shape index (κ2) is 4.81. The van der Waals surface area contributed by atoms with E-state index in [-0.39, 0.29) is 16.9 Å². The van der Waals surface area contributed by atoms with Gasteiger partial charge in [0.25, 0.3) is 0 Å². The minimum Gasteiger partial charge on any atom is -0.453 e. The molecule has 0 atom stereocenters. The maximum absolute atomic E-state index is 13.9. The smallest absolute Gasteiger partial charge is 0.231 e. The molecule has 0 saturated carbocycles. The third-order valence-corrected chi connectivity index (χ3v) is 3.42. The van der Waals surface area contributed by atoms with E-state index in [4.69, 9.17) is 4.42 Å². The van der Waals surface area contributed by atoms with E-state index in [0.717, 1.165) is 10.9 Å². The zero-order chi connectivity index (χ0) is 15.1. The van der Waals surface area contributed by atoms with Gasteiger partial charge in [0.05, 0.1) is 5.56 Å². The van der Waals surface area contributed by atoms with E-state index in [9.17, 15) is 13.6 Å². The number of hydrogen-bond donors (Lipinski definition) is 0. The van der Waals surface area contributed by atoms with Crippen molar-refractivity contribution in [3.05, 3.63) is 70.5 Å². The first kappa shape index (κ1) is 13.5. The monoisotopic (exact) mass is 286 g/mol. The van der Waals surface area contributed by atoms with Crippen molar-refractivity contribution in [1.82, 2.24) is 0 Å². The molecular weight excluding hydrogens is 274 g/mol. The van der Waals surface area contributed by atoms with Crippen molar-refractivity contribution in [2.75, 3.05) is 0 Å². The van der Waals surface area contributed by atoms with Gasteiger partial charge in [0.1, 0.15) is 5.58 Å². The quantitative estimate of drug-likeness (QED) is 0.646. The predicted octanol–water partition coefficient (Wildman–Crippen LogP) is 4.56. The number of rotatable bonds is 2. The molecule has 0 aliphatic carbocycles. The molecule has 4 heteroatoms. The summed E-state index contributed by atoms with van der Waals surface area (Å²) < 4.78 is 32.9. The highest BCUT2D eigenvalue weighted by Crippen LogP contribution is 2.24. The molecule has 0 N–H and O–H groups in total. The number of halogens is 2. The highest BCUT2D eigenvalue weighted by Gasteiger charge is 2.21. The molecule has 0 saturated heterocycles. The minimum absolute atomic E-state index is 0.00208. The lowest BCUT2D eigenvalue weighted by molar-refractivity contribution is 0.101. The Morgan fingerprint density at radius 3 is 2.52 bits per heavy atom. The van der Waals surface area contributed by atoms with E-state index in [1.807, 2.05) is 19.1 Å². The molecule has 0 aliphatic rings. The number of ketones is 1. The number of furan rings is 1. The standard InChI is InChI=1S/C17H12F2O2/c1-9-3-6-13-11(7-9)8-14(21-13)17(20)12-5-4-10(2)15(18)16(12)19/h3-8H,1-2H3. The topological polar surface area (TPSA) is 30.2 Å². The average molecular weight is 286 g/mol. The molecule has 0 spiro atoms. The van der Waals surface area contributed by atoms with Gasteiger partial charge in [-0.2, -0.15) is 0 Å². The van der Waals surface area contributed by atoms with Crippen molar-refractivity contribution in [1.29, 1.82) is 0 Å². The molecule has 0 fully saturated rings. The fraction of sp³-hybridized carbons (Fsp3) is 0.118. The number of fused-ring (bicyclic) bond motifs is 1. The lowest BCUT2D eigenvalue weighted by atomic mass is 10.1. The van der Waals surface area contributed by atoms with E-state index in [2.05, 4.69) is 0 Å². The zero-order valence-corrected chi connectivity index (χ0v) is 11.5. The van der Waals surface area contributed by atoms with Gasteiger partial charge >= 0.3 is 0 Å². The van der Waals surface area contributed by atoms with Crippen LogP contribution >= 0.6 is 0 Å². The molecule has 3 aromatic rings. The fourth-order valence-electron chi connectivity index (χ4n) is 2.23. The third-order valence-electron chi connectivity index (χ3n) is 3.42. The van der Waals surface area contributed by atoms with Gasteiger partial charge in [-0.15, -0.1) is 0 Å². The van der Waals surface area contributed by atoms with Gasteiger partial charge in [-0.3, -0.25) is 4.79 Å². The Balaban J connectivity index is 2.10. The van der Waals surface area contributed by atoms with Crippen LogP contribution in [0.4, 0.5) is 8.78 Å². The average Bonchev–Trinajstić information content (AvgIpc) is 2.87. The molecule has 2 aromatic carbocycles. The Kier molecular flexibility index (Phi) is 3.09. The highest BCUT2D eigenvalue weighted by atomic mass is 19.2. The summed E-state index contributed by atoms with van der Waals surface area (Å²) in [6.07, 6.45) is 0. The molecule has 106 valence electrons. The summed E-state index contributed by atoms with van der Waals surface area (Å²) in [6.45, 7) is 3.36. The first-order chi connectivity index (χ1) is 9.97. The number of carbonyl (C=O) groups excluding carboxylic acids is 1. The molecule has 21 heavy (non-hydrogen) atoms. The van der Waals surface area contributed by atoms with Crippen molar-refractivity contribution in [3.8, 4) is 0 Å². The maximum atomic E-state index is 13.9. The van der Waals surface area contributed by atoms with Crippen molar-refractivity contribution in [2.24, 2.45) is 0 Å². The zero-order valence-electron chi connectivity index (χ0n) is 11.5. The summed E-state index contributed by atoms with van der Waals surface area (Å²) in [4.78, 5) is 12.3. The molecular formula is C17H12F2O2. The predicted molar refractivity (Wildman–Crippen MR) is 75.5 cm³/mol. The van der Waals surface area contributed by atoms with Crippen LogP contribution < -0.4 is 0 Å². The molecule has 0 aliphatic heterocycles. The Morgan fingerprint density at radius 2 is 1.76 bits per heavy atom. The molecule has 0 unspecified atom stereocenters. The number of carbonyl (C=O) groups is 1. The molecule has 0 radical (unpaired) electrons. The second-order valence-corrected chi connectivity index (χ2v) is 5.04. The Morgan fingerprint density at radius 1 is 1.00 bits per heavy atom. The summed E-state index contributed by atoms with van der Waals surface area (Å²) in [7, 11) is 0. The molecule has 3 rings (SSSR count). The second-order valence-electron chi connectivity index (χ2n) is 5.04. The summed E-state index contributed by atoms with van der Waals surface area (Å²) in [5.41, 5.74) is 1.39. The van der Waals surface area contributed by atoms with Gasteiger partial charge in [0, 0.05) is 5.39 Å². The Bertz CT molecular complexity index is 863. The molecule has 0 amide bonds. The van der Waals surface area contributed by atoms with Crippen molar-refractivity contribution >= 4 is 16.8 Å². The van der Waals surface area contributed by atoms with Crippen LogP contribution in [0.15, 0.2) is 40.8 Å². The van der Waals surface area contributed by atoms with Crippen LogP contribution in [0.2, 0.25) is 0 Å². The Labute approximate surface area is 120 Å².